The number of amides is 2. The number of benzene rings is 1. The molecule has 2 heterocycles. The molecule has 2 fully saturated rings. The Bertz CT molecular complexity index is 735. The van der Waals surface area contributed by atoms with Crippen LogP contribution in [-0.4, -0.2) is 33.6 Å². The maximum absolute atomic E-state index is 12.6. The van der Waals surface area contributed by atoms with E-state index in [9.17, 15) is 4.79 Å². The van der Waals surface area contributed by atoms with Crippen molar-refractivity contribution in [3.63, 3.8) is 0 Å². The molecule has 2 aliphatic rings. The highest BCUT2D eigenvalue weighted by atomic mass is 16.2. The van der Waals surface area contributed by atoms with Gasteiger partial charge in [0.2, 0.25) is 0 Å². The highest BCUT2D eigenvalue weighted by molar-refractivity contribution is 5.74. The van der Waals surface area contributed by atoms with Gasteiger partial charge in [0.05, 0.1) is 6.04 Å². The third-order valence-corrected chi connectivity index (χ3v) is 5.29. The van der Waals surface area contributed by atoms with E-state index in [2.05, 4.69) is 21.8 Å². The van der Waals surface area contributed by atoms with Crippen LogP contribution in [-0.2, 0) is 6.54 Å². The normalized spacial score (nSPS) is 20.5. The highest BCUT2D eigenvalue weighted by Gasteiger charge is 2.33. The molecule has 0 spiro atoms. The predicted octanol–water partition coefficient (Wildman–Crippen LogP) is 3.62. The minimum atomic E-state index is 0.0410. The smallest absolute Gasteiger partial charge is 0.317 e. The highest BCUT2D eigenvalue weighted by Crippen LogP contribution is 2.41. The summed E-state index contributed by atoms with van der Waals surface area (Å²) in [5.74, 6) is 1.87. The molecule has 0 bridgehead atoms. The molecule has 2 amide bonds. The van der Waals surface area contributed by atoms with E-state index in [-0.39, 0.29) is 6.03 Å². The molecule has 1 unspecified atom stereocenters. The molecule has 1 aromatic heterocycles. The number of nitrogens with zero attached hydrogens (tertiary/aromatic N) is 3. The van der Waals surface area contributed by atoms with E-state index < -0.39 is 0 Å². The van der Waals surface area contributed by atoms with Crippen LogP contribution >= 0.6 is 0 Å². The van der Waals surface area contributed by atoms with E-state index in [0.717, 1.165) is 31.5 Å². The van der Waals surface area contributed by atoms with Crippen molar-refractivity contribution in [1.82, 2.24) is 19.8 Å². The van der Waals surface area contributed by atoms with Gasteiger partial charge in [-0.05, 0) is 38.2 Å². The number of piperidine rings is 1. The molecule has 1 saturated carbocycles. The van der Waals surface area contributed by atoms with Gasteiger partial charge < -0.3 is 14.8 Å². The summed E-state index contributed by atoms with van der Waals surface area (Å²) < 4.78 is 2.40. The van der Waals surface area contributed by atoms with Gasteiger partial charge in [0.25, 0.3) is 0 Å². The van der Waals surface area contributed by atoms with Crippen LogP contribution in [0.25, 0.3) is 0 Å². The maximum atomic E-state index is 12.6. The lowest BCUT2D eigenvalue weighted by Crippen LogP contribution is -2.46. The number of aryl methyl sites for hydroxylation is 1. The molecule has 1 aliphatic heterocycles. The Morgan fingerprint density at radius 1 is 1.24 bits per heavy atom. The monoisotopic (exact) mass is 338 g/mol. The van der Waals surface area contributed by atoms with Gasteiger partial charge in [0, 0.05) is 37.4 Å². The quantitative estimate of drug-likeness (QED) is 0.926. The van der Waals surface area contributed by atoms with Crippen LogP contribution in [0.15, 0.2) is 36.5 Å². The van der Waals surface area contributed by atoms with E-state index in [1.165, 1.54) is 24.4 Å². The van der Waals surface area contributed by atoms with Gasteiger partial charge in [0.15, 0.2) is 0 Å². The Labute approximate surface area is 149 Å². The maximum Gasteiger partial charge on any atom is 0.317 e. The average molecular weight is 338 g/mol. The third kappa shape index (κ3) is 3.55. The van der Waals surface area contributed by atoms with Crippen LogP contribution in [0.4, 0.5) is 4.79 Å². The van der Waals surface area contributed by atoms with Crippen molar-refractivity contribution in [3.05, 3.63) is 53.6 Å². The molecule has 5 heteroatoms. The van der Waals surface area contributed by atoms with E-state index in [0.29, 0.717) is 18.5 Å². The first-order valence-corrected chi connectivity index (χ1v) is 9.33. The molecular formula is C20H26N4O. The van der Waals surface area contributed by atoms with E-state index in [1.807, 2.05) is 41.4 Å². The molecule has 1 saturated heterocycles. The first-order valence-electron chi connectivity index (χ1n) is 9.33. The zero-order valence-electron chi connectivity index (χ0n) is 14.8. The average Bonchev–Trinajstić information content (AvgIpc) is 3.42. The lowest BCUT2D eigenvalue weighted by molar-refractivity contribution is 0.165. The molecule has 0 radical (unpaired) electrons. The van der Waals surface area contributed by atoms with E-state index >= 15 is 0 Å². The molecule has 1 atom stereocenters. The van der Waals surface area contributed by atoms with Crippen molar-refractivity contribution >= 4 is 6.03 Å². The summed E-state index contributed by atoms with van der Waals surface area (Å²) >= 11 is 0. The Morgan fingerprint density at radius 2 is 2.04 bits per heavy atom. The molecule has 4 rings (SSSR count). The van der Waals surface area contributed by atoms with Crippen LogP contribution in [0, 0.1) is 6.92 Å². The summed E-state index contributed by atoms with van der Waals surface area (Å²) in [6.45, 7) is 4.33. The van der Waals surface area contributed by atoms with Crippen LogP contribution in [0.1, 0.15) is 54.7 Å². The Hall–Kier alpha value is -2.30. The second-order valence-electron chi connectivity index (χ2n) is 7.29. The number of carbonyl (C=O) groups is 1. The van der Waals surface area contributed by atoms with E-state index in [1.54, 1.807) is 0 Å². The van der Waals surface area contributed by atoms with Crippen LogP contribution in [0.2, 0.25) is 0 Å². The van der Waals surface area contributed by atoms with Gasteiger partial charge >= 0.3 is 6.03 Å². The molecule has 1 N–H and O–H groups in total. The number of nitrogens with one attached hydrogen (secondary N) is 1. The molecule has 2 aromatic rings. The Kier molecular flexibility index (Phi) is 4.47. The molecular weight excluding hydrogens is 312 g/mol. The minimum absolute atomic E-state index is 0.0410. The first kappa shape index (κ1) is 16.2. The van der Waals surface area contributed by atoms with Gasteiger partial charge in [-0.2, -0.15) is 0 Å². The third-order valence-electron chi connectivity index (χ3n) is 5.29. The molecule has 1 aromatic carbocycles. The summed E-state index contributed by atoms with van der Waals surface area (Å²) in [5.41, 5.74) is 2.35. The largest absolute Gasteiger partial charge is 0.334 e. The number of hydrogen-bond acceptors (Lipinski definition) is 2. The number of imidazole rings is 1. The van der Waals surface area contributed by atoms with Crippen molar-refractivity contribution in [2.75, 3.05) is 13.1 Å². The van der Waals surface area contributed by atoms with Gasteiger partial charge in [-0.3, -0.25) is 0 Å². The van der Waals surface area contributed by atoms with E-state index in [4.69, 9.17) is 0 Å². The van der Waals surface area contributed by atoms with Crippen molar-refractivity contribution in [2.45, 2.75) is 51.1 Å². The molecule has 5 nitrogen and oxygen atoms in total. The SMILES string of the molecule is Cc1cnc(C2CC2)n1C1CCCN(C(=O)NCc2ccccc2)C1. The van der Waals surface area contributed by atoms with Gasteiger partial charge in [-0.25, -0.2) is 9.78 Å². The lowest BCUT2D eigenvalue weighted by atomic mass is 10.0. The molecule has 1 aliphatic carbocycles. The fraction of sp³-hybridized carbons (Fsp3) is 0.500. The van der Waals surface area contributed by atoms with Gasteiger partial charge in [-0.15, -0.1) is 0 Å². The summed E-state index contributed by atoms with van der Waals surface area (Å²) in [7, 11) is 0. The Morgan fingerprint density at radius 3 is 2.80 bits per heavy atom. The Balaban J connectivity index is 1.41. The minimum Gasteiger partial charge on any atom is -0.334 e. The second-order valence-corrected chi connectivity index (χ2v) is 7.29. The second kappa shape index (κ2) is 6.90. The topological polar surface area (TPSA) is 50.2 Å². The van der Waals surface area contributed by atoms with Crippen LogP contribution in [0.5, 0.6) is 0 Å². The van der Waals surface area contributed by atoms with Crippen molar-refractivity contribution in [3.8, 4) is 0 Å². The number of rotatable bonds is 4. The van der Waals surface area contributed by atoms with Crippen molar-refractivity contribution in [1.29, 1.82) is 0 Å². The first-order chi connectivity index (χ1) is 12.2. The fourth-order valence-electron chi connectivity index (χ4n) is 3.82. The number of likely N-dealkylation sites (tertiary alicyclic amines) is 1. The van der Waals surface area contributed by atoms with Crippen molar-refractivity contribution in [2.24, 2.45) is 0 Å². The summed E-state index contributed by atoms with van der Waals surface area (Å²) in [6, 6.07) is 10.5. The molecule has 132 valence electrons. The standard InChI is InChI=1S/C20H26N4O/c1-15-12-21-19(17-9-10-17)24(15)18-8-5-11-23(14-18)20(25)22-13-16-6-3-2-4-7-16/h2-4,6-7,12,17-18H,5,8-11,13-14H2,1H3,(H,22,25). The number of carbonyl (C=O) groups excluding carboxylic acids is 1. The summed E-state index contributed by atoms with van der Waals surface area (Å²) in [5, 5.41) is 3.06. The zero-order chi connectivity index (χ0) is 17.2. The van der Waals surface area contributed by atoms with Crippen LogP contribution in [0.3, 0.4) is 0 Å². The predicted molar refractivity (Wildman–Crippen MR) is 97.5 cm³/mol. The zero-order valence-corrected chi connectivity index (χ0v) is 14.8. The molecule has 25 heavy (non-hydrogen) atoms. The number of hydrogen-bond donors (Lipinski definition) is 1. The number of urea groups is 1. The lowest BCUT2D eigenvalue weighted by Gasteiger charge is -2.34. The van der Waals surface area contributed by atoms with Crippen LogP contribution < -0.4 is 5.32 Å². The fourth-order valence-corrected chi connectivity index (χ4v) is 3.82. The van der Waals surface area contributed by atoms with Crippen molar-refractivity contribution < 1.29 is 4.79 Å². The van der Waals surface area contributed by atoms with Gasteiger partial charge in [-0.1, -0.05) is 30.3 Å². The number of aromatic nitrogens is 2. The van der Waals surface area contributed by atoms with Gasteiger partial charge in [0.1, 0.15) is 5.82 Å². The summed E-state index contributed by atoms with van der Waals surface area (Å²) in [6.07, 6.45) is 6.67. The summed E-state index contributed by atoms with van der Waals surface area (Å²) in [4.78, 5) is 19.2.